The minimum Gasteiger partial charge on any atom is -0.397 e. The fourth-order valence-electron chi connectivity index (χ4n) is 1.37. The van der Waals surface area contributed by atoms with E-state index in [2.05, 4.69) is 4.98 Å². The number of aromatic nitrogens is 1. The number of para-hydroxylation sites is 1. The van der Waals surface area contributed by atoms with Crippen LogP contribution in [0, 0.1) is 0 Å². The standard InChI is InChI=1S/C12H9ClN2O/c13-9-5-3-4-8(11(9)14)12(16)10-6-1-2-7-15-10/h1-7H,14H2. The molecule has 1 aromatic carbocycles. The largest absolute Gasteiger partial charge is 0.397 e. The Hall–Kier alpha value is -1.87. The lowest BCUT2D eigenvalue weighted by molar-refractivity contribution is 0.103. The van der Waals surface area contributed by atoms with E-state index in [1.165, 1.54) is 0 Å². The number of anilines is 1. The van der Waals surface area contributed by atoms with Crippen LogP contribution in [-0.2, 0) is 0 Å². The molecule has 2 rings (SSSR count). The molecular formula is C12H9ClN2O. The molecule has 80 valence electrons. The molecule has 0 saturated carbocycles. The van der Waals surface area contributed by atoms with Crippen molar-refractivity contribution in [1.82, 2.24) is 4.98 Å². The number of hydrogen-bond donors (Lipinski definition) is 1. The Morgan fingerprint density at radius 1 is 1.19 bits per heavy atom. The van der Waals surface area contributed by atoms with Gasteiger partial charge in [0.25, 0.3) is 0 Å². The number of nitrogen functional groups attached to an aromatic ring is 1. The Kier molecular flexibility index (Phi) is 2.88. The predicted octanol–water partition coefficient (Wildman–Crippen LogP) is 2.55. The van der Waals surface area contributed by atoms with Crippen LogP contribution in [0.2, 0.25) is 5.02 Å². The molecule has 2 N–H and O–H groups in total. The zero-order chi connectivity index (χ0) is 11.5. The SMILES string of the molecule is Nc1c(Cl)cccc1C(=O)c1ccccn1. The van der Waals surface area contributed by atoms with E-state index in [9.17, 15) is 4.79 Å². The minimum atomic E-state index is -0.222. The molecule has 0 aliphatic rings. The number of halogens is 1. The second-order valence-corrected chi connectivity index (χ2v) is 3.65. The van der Waals surface area contributed by atoms with Gasteiger partial charge < -0.3 is 5.73 Å². The first-order valence-corrected chi connectivity index (χ1v) is 5.07. The summed E-state index contributed by atoms with van der Waals surface area (Å²) in [6, 6.07) is 10.1. The van der Waals surface area contributed by atoms with Crippen LogP contribution in [0.3, 0.4) is 0 Å². The van der Waals surface area contributed by atoms with Gasteiger partial charge in [0.05, 0.1) is 10.7 Å². The van der Waals surface area contributed by atoms with Crippen molar-refractivity contribution in [2.45, 2.75) is 0 Å². The molecule has 0 radical (unpaired) electrons. The summed E-state index contributed by atoms with van der Waals surface area (Å²) in [5.74, 6) is -0.222. The molecule has 1 aromatic heterocycles. The number of nitrogens with two attached hydrogens (primary N) is 1. The molecular weight excluding hydrogens is 224 g/mol. The zero-order valence-corrected chi connectivity index (χ0v) is 9.11. The van der Waals surface area contributed by atoms with Crippen molar-refractivity contribution < 1.29 is 4.79 Å². The summed E-state index contributed by atoms with van der Waals surface area (Å²) in [5.41, 5.74) is 6.77. The number of rotatable bonds is 2. The lowest BCUT2D eigenvalue weighted by atomic mass is 10.1. The van der Waals surface area contributed by atoms with Gasteiger partial charge >= 0.3 is 0 Å². The Morgan fingerprint density at radius 2 is 2.00 bits per heavy atom. The second kappa shape index (κ2) is 4.33. The Bertz CT molecular complexity index is 526. The summed E-state index contributed by atoms with van der Waals surface area (Å²) in [4.78, 5) is 16.0. The third-order valence-corrected chi connectivity index (χ3v) is 2.52. The highest BCUT2D eigenvalue weighted by molar-refractivity contribution is 6.34. The lowest BCUT2D eigenvalue weighted by Gasteiger charge is -2.05. The van der Waals surface area contributed by atoms with Crippen molar-refractivity contribution in [3.63, 3.8) is 0 Å². The summed E-state index contributed by atoms with van der Waals surface area (Å²) in [6.07, 6.45) is 1.56. The quantitative estimate of drug-likeness (QED) is 0.640. The summed E-state index contributed by atoms with van der Waals surface area (Å²) < 4.78 is 0. The fourth-order valence-corrected chi connectivity index (χ4v) is 1.54. The van der Waals surface area contributed by atoms with E-state index < -0.39 is 0 Å². The lowest BCUT2D eigenvalue weighted by Crippen LogP contribution is -2.07. The number of carbonyl (C=O) groups excluding carboxylic acids is 1. The van der Waals surface area contributed by atoms with Gasteiger partial charge in [0, 0.05) is 11.8 Å². The Balaban J connectivity index is 2.46. The normalized spacial score (nSPS) is 10.1. The predicted molar refractivity (Wildman–Crippen MR) is 63.5 cm³/mol. The van der Waals surface area contributed by atoms with Gasteiger partial charge in [-0.2, -0.15) is 0 Å². The number of carbonyl (C=O) groups is 1. The molecule has 0 aliphatic heterocycles. The highest BCUT2D eigenvalue weighted by Gasteiger charge is 2.14. The van der Waals surface area contributed by atoms with E-state index in [-0.39, 0.29) is 5.78 Å². The summed E-state index contributed by atoms with van der Waals surface area (Å²) in [7, 11) is 0. The van der Waals surface area contributed by atoms with Gasteiger partial charge in [-0.1, -0.05) is 23.7 Å². The van der Waals surface area contributed by atoms with Crippen LogP contribution in [0.4, 0.5) is 5.69 Å². The molecule has 2 aromatic rings. The van der Waals surface area contributed by atoms with Crippen LogP contribution in [-0.4, -0.2) is 10.8 Å². The van der Waals surface area contributed by atoms with Crippen LogP contribution >= 0.6 is 11.6 Å². The Labute approximate surface area is 97.9 Å². The third kappa shape index (κ3) is 1.90. The van der Waals surface area contributed by atoms with Crippen LogP contribution in [0.25, 0.3) is 0 Å². The van der Waals surface area contributed by atoms with Crippen LogP contribution in [0.1, 0.15) is 16.1 Å². The number of nitrogens with zero attached hydrogens (tertiary/aromatic N) is 1. The van der Waals surface area contributed by atoms with E-state index in [0.29, 0.717) is 22.0 Å². The number of pyridine rings is 1. The molecule has 16 heavy (non-hydrogen) atoms. The molecule has 4 heteroatoms. The average Bonchev–Trinajstić information content (AvgIpc) is 2.33. The maximum atomic E-state index is 12.0. The Morgan fingerprint density at radius 3 is 2.69 bits per heavy atom. The highest BCUT2D eigenvalue weighted by Crippen LogP contribution is 2.24. The molecule has 0 unspecified atom stereocenters. The van der Waals surface area contributed by atoms with Gasteiger partial charge in [0.2, 0.25) is 5.78 Å². The minimum absolute atomic E-state index is 0.222. The second-order valence-electron chi connectivity index (χ2n) is 3.25. The van der Waals surface area contributed by atoms with Gasteiger partial charge in [-0.25, -0.2) is 0 Å². The van der Waals surface area contributed by atoms with Gasteiger partial charge in [-0.3, -0.25) is 9.78 Å². The molecule has 0 spiro atoms. The monoisotopic (exact) mass is 232 g/mol. The van der Waals surface area contributed by atoms with Crippen molar-refractivity contribution in [2.24, 2.45) is 0 Å². The molecule has 0 fully saturated rings. The molecule has 1 heterocycles. The van der Waals surface area contributed by atoms with E-state index in [4.69, 9.17) is 17.3 Å². The smallest absolute Gasteiger partial charge is 0.213 e. The van der Waals surface area contributed by atoms with Crippen molar-refractivity contribution in [3.05, 3.63) is 58.9 Å². The average molecular weight is 233 g/mol. The van der Waals surface area contributed by atoms with Gasteiger partial charge in [-0.15, -0.1) is 0 Å². The van der Waals surface area contributed by atoms with E-state index in [1.54, 1.807) is 42.6 Å². The molecule has 3 nitrogen and oxygen atoms in total. The molecule has 0 aliphatic carbocycles. The van der Waals surface area contributed by atoms with Crippen molar-refractivity contribution >= 4 is 23.1 Å². The van der Waals surface area contributed by atoms with Crippen molar-refractivity contribution in [1.29, 1.82) is 0 Å². The van der Waals surface area contributed by atoms with E-state index >= 15 is 0 Å². The van der Waals surface area contributed by atoms with E-state index in [1.807, 2.05) is 0 Å². The molecule has 0 atom stereocenters. The highest BCUT2D eigenvalue weighted by atomic mass is 35.5. The van der Waals surface area contributed by atoms with Crippen LogP contribution < -0.4 is 5.73 Å². The maximum absolute atomic E-state index is 12.0. The molecule has 0 bridgehead atoms. The van der Waals surface area contributed by atoms with Crippen LogP contribution in [0.15, 0.2) is 42.6 Å². The third-order valence-electron chi connectivity index (χ3n) is 2.20. The summed E-state index contributed by atoms with van der Waals surface area (Å²) >= 11 is 5.85. The first-order valence-electron chi connectivity index (χ1n) is 4.70. The maximum Gasteiger partial charge on any atom is 0.213 e. The summed E-state index contributed by atoms with van der Waals surface area (Å²) in [5, 5.41) is 0.377. The molecule has 0 amide bonds. The van der Waals surface area contributed by atoms with Crippen LogP contribution in [0.5, 0.6) is 0 Å². The van der Waals surface area contributed by atoms with E-state index in [0.717, 1.165) is 0 Å². The topological polar surface area (TPSA) is 56.0 Å². The first-order chi connectivity index (χ1) is 7.70. The van der Waals surface area contributed by atoms with Gasteiger partial charge in [0.1, 0.15) is 5.69 Å². The number of ketones is 1. The molecule has 0 saturated heterocycles. The van der Waals surface area contributed by atoms with Gasteiger partial charge in [0.15, 0.2) is 0 Å². The van der Waals surface area contributed by atoms with Crippen molar-refractivity contribution in [2.75, 3.05) is 5.73 Å². The fraction of sp³-hybridized carbons (Fsp3) is 0. The summed E-state index contributed by atoms with van der Waals surface area (Å²) in [6.45, 7) is 0. The van der Waals surface area contributed by atoms with Gasteiger partial charge in [-0.05, 0) is 24.3 Å². The number of benzene rings is 1. The zero-order valence-electron chi connectivity index (χ0n) is 8.35. The number of hydrogen-bond acceptors (Lipinski definition) is 3. The first kappa shape index (κ1) is 10.6. The van der Waals surface area contributed by atoms with Crippen molar-refractivity contribution in [3.8, 4) is 0 Å².